The van der Waals surface area contributed by atoms with Crippen LogP contribution in [-0.2, 0) is 9.47 Å². The molecule has 0 radical (unpaired) electrons. The predicted octanol–water partition coefficient (Wildman–Crippen LogP) is 4.24. The highest BCUT2D eigenvalue weighted by Crippen LogP contribution is 2.21. The molecule has 0 N–H and O–H groups in total. The Morgan fingerprint density at radius 3 is 2.65 bits per heavy atom. The second-order valence-corrected chi connectivity index (χ2v) is 6.20. The Hall–Kier alpha value is -2.26. The van der Waals surface area contributed by atoms with Crippen LogP contribution in [0.1, 0.15) is 18.9 Å². The fourth-order valence-corrected chi connectivity index (χ4v) is 2.48. The summed E-state index contributed by atoms with van der Waals surface area (Å²) in [5.41, 5.74) is 1.18. The average Bonchev–Trinajstić information content (AvgIpc) is 2.68. The minimum atomic E-state index is -0.550. The first kappa shape index (κ1) is 18.5. The number of aromatic nitrogens is 2. The highest BCUT2D eigenvalue weighted by molar-refractivity contribution is 6.30. The van der Waals surface area contributed by atoms with Crippen molar-refractivity contribution in [3.8, 4) is 23.2 Å². The molecule has 0 amide bonds. The smallest absolute Gasteiger partial charge is 0.222 e. The largest absolute Gasteiger partial charge is 0.341 e. The minimum absolute atomic E-state index is 0.0659. The molecule has 134 valence electrons. The van der Waals surface area contributed by atoms with Gasteiger partial charge in [0, 0.05) is 23.9 Å². The third kappa shape index (κ3) is 4.89. The van der Waals surface area contributed by atoms with Gasteiger partial charge in [0.05, 0.1) is 23.8 Å². The van der Waals surface area contributed by atoms with E-state index in [0.29, 0.717) is 30.2 Å². The zero-order chi connectivity index (χ0) is 18.4. The highest BCUT2D eigenvalue weighted by atomic mass is 35.5. The number of hydrogen-bond acceptors (Lipinski definition) is 4. The van der Waals surface area contributed by atoms with Crippen molar-refractivity contribution in [2.45, 2.75) is 19.6 Å². The molecule has 4 nitrogen and oxygen atoms in total. The number of hydrogen-bond donors (Lipinski definition) is 0. The molecule has 1 saturated heterocycles. The van der Waals surface area contributed by atoms with Gasteiger partial charge >= 0.3 is 0 Å². The van der Waals surface area contributed by atoms with Crippen LogP contribution < -0.4 is 0 Å². The van der Waals surface area contributed by atoms with Crippen LogP contribution in [0.2, 0.25) is 5.02 Å². The summed E-state index contributed by atoms with van der Waals surface area (Å²) in [7, 11) is 0. The van der Waals surface area contributed by atoms with E-state index in [-0.39, 0.29) is 10.9 Å². The Labute approximate surface area is 157 Å². The summed E-state index contributed by atoms with van der Waals surface area (Å²) >= 11 is 5.68. The molecular weight excluding hydrogens is 355 g/mol. The summed E-state index contributed by atoms with van der Waals surface area (Å²) < 4.78 is 24.7. The standard InChI is InChI=1S/C20H18ClFN2O2/c1-2-3-4-15-12-25-19(26-13-15)8-5-14-10-23-20(24-11-14)16-6-7-17(21)18(22)9-16/h3-4,6-7,9-11,15,19H,2,12-13H2,1H3/t15-,19-. The van der Waals surface area contributed by atoms with Gasteiger partial charge in [-0.1, -0.05) is 36.6 Å². The Bertz CT molecular complexity index is 835. The van der Waals surface area contributed by atoms with Gasteiger partial charge in [0.2, 0.25) is 6.29 Å². The summed E-state index contributed by atoms with van der Waals surface area (Å²) in [5.74, 6) is 6.02. The summed E-state index contributed by atoms with van der Waals surface area (Å²) in [6, 6.07) is 4.44. The molecule has 1 fully saturated rings. The monoisotopic (exact) mass is 372 g/mol. The van der Waals surface area contributed by atoms with Crippen molar-refractivity contribution in [2.75, 3.05) is 13.2 Å². The maximum absolute atomic E-state index is 13.5. The Morgan fingerprint density at radius 1 is 1.27 bits per heavy atom. The SMILES string of the molecule is CCC=C[C@H]1CO[C@H](C#Cc2cnc(-c3ccc(Cl)c(F)c3)nc2)OC1. The van der Waals surface area contributed by atoms with Gasteiger partial charge in [0.15, 0.2) is 5.82 Å². The third-order valence-corrected chi connectivity index (χ3v) is 4.04. The fourth-order valence-electron chi connectivity index (χ4n) is 2.36. The first-order valence-corrected chi connectivity index (χ1v) is 8.72. The molecule has 2 aromatic rings. The molecular formula is C20H18ClFN2O2. The van der Waals surface area contributed by atoms with E-state index in [9.17, 15) is 4.39 Å². The number of rotatable bonds is 3. The van der Waals surface area contributed by atoms with Crippen molar-refractivity contribution in [1.29, 1.82) is 0 Å². The maximum atomic E-state index is 13.5. The van der Waals surface area contributed by atoms with E-state index in [1.54, 1.807) is 18.5 Å². The molecule has 2 heterocycles. The van der Waals surface area contributed by atoms with Crippen molar-refractivity contribution in [2.24, 2.45) is 5.92 Å². The van der Waals surface area contributed by atoms with E-state index >= 15 is 0 Å². The van der Waals surface area contributed by atoms with Gasteiger partial charge in [-0.05, 0) is 30.5 Å². The Morgan fingerprint density at radius 2 is 2.00 bits per heavy atom. The maximum Gasteiger partial charge on any atom is 0.222 e. The molecule has 0 spiro atoms. The second kappa shape index (κ2) is 8.91. The Kier molecular flexibility index (Phi) is 6.35. The molecule has 0 saturated carbocycles. The van der Waals surface area contributed by atoms with Gasteiger partial charge in [-0.15, -0.1) is 0 Å². The van der Waals surface area contributed by atoms with Crippen LogP contribution in [0.4, 0.5) is 4.39 Å². The van der Waals surface area contributed by atoms with E-state index < -0.39 is 12.1 Å². The number of halogens is 2. The Balaban J connectivity index is 1.61. The molecule has 3 rings (SSSR count). The number of benzene rings is 1. The molecule has 0 aliphatic carbocycles. The summed E-state index contributed by atoms with van der Waals surface area (Å²) in [6.45, 7) is 3.27. The average molecular weight is 373 g/mol. The molecule has 0 atom stereocenters. The van der Waals surface area contributed by atoms with Crippen LogP contribution in [-0.4, -0.2) is 29.5 Å². The van der Waals surface area contributed by atoms with Crippen LogP contribution in [0.3, 0.4) is 0 Å². The van der Waals surface area contributed by atoms with Crippen molar-refractivity contribution in [3.63, 3.8) is 0 Å². The fraction of sp³-hybridized carbons (Fsp3) is 0.300. The third-order valence-electron chi connectivity index (χ3n) is 3.73. The number of ether oxygens (including phenoxy) is 2. The van der Waals surface area contributed by atoms with E-state index in [1.165, 1.54) is 12.1 Å². The predicted molar refractivity (Wildman–Crippen MR) is 97.9 cm³/mol. The van der Waals surface area contributed by atoms with Gasteiger partial charge in [-0.3, -0.25) is 0 Å². The normalized spacial score (nSPS) is 20.0. The van der Waals surface area contributed by atoms with Crippen LogP contribution >= 0.6 is 11.6 Å². The first-order chi connectivity index (χ1) is 12.7. The minimum Gasteiger partial charge on any atom is -0.341 e. The summed E-state index contributed by atoms with van der Waals surface area (Å²) in [4.78, 5) is 8.43. The highest BCUT2D eigenvalue weighted by Gasteiger charge is 2.18. The second-order valence-electron chi connectivity index (χ2n) is 5.79. The molecule has 1 aromatic carbocycles. The lowest BCUT2D eigenvalue weighted by molar-refractivity contribution is -0.160. The molecule has 1 aliphatic heterocycles. The lowest BCUT2D eigenvalue weighted by atomic mass is 10.1. The van der Waals surface area contributed by atoms with Crippen molar-refractivity contribution in [1.82, 2.24) is 9.97 Å². The van der Waals surface area contributed by atoms with Gasteiger partial charge in [0.25, 0.3) is 0 Å². The van der Waals surface area contributed by atoms with E-state index in [1.807, 2.05) is 0 Å². The summed E-state index contributed by atoms with van der Waals surface area (Å²) in [6.07, 6.45) is 7.82. The van der Waals surface area contributed by atoms with Crippen LogP contribution in [0.5, 0.6) is 0 Å². The first-order valence-electron chi connectivity index (χ1n) is 8.34. The van der Waals surface area contributed by atoms with E-state index in [2.05, 4.69) is 40.9 Å². The van der Waals surface area contributed by atoms with Gasteiger partial charge < -0.3 is 9.47 Å². The topological polar surface area (TPSA) is 44.2 Å². The van der Waals surface area contributed by atoms with Gasteiger partial charge in [-0.2, -0.15) is 0 Å². The molecule has 1 aromatic heterocycles. The van der Waals surface area contributed by atoms with Crippen molar-refractivity contribution in [3.05, 3.63) is 59.1 Å². The number of nitrogens with zero attached hydrogens (tertiary/aromatic N) is 2. The van der Waals surface area contributed by atoms with Crippen molar-refractivity contribution < 1.29 is 13.9 Å². The molecule has 0 bridgehead atoms. The quantitative estimate of drug-likeness (QED) is 0.597. The van der Waals surface area contributed by atoms with Crippen LogP contribution in [0.25, 0.3) is 11.4 Å². The molecule has 26 heavy (non-hydrogen) atoms. The van der Waals surface area contributed by atoms with Crippen LogP contribution in [0, 0.1) is 23.6 Å². The summed E-state index contributed by atoms with van der Waals surface area (Å²) in [5, 5.41) is 0.0659. The zero-order valence-electron chi connectivity index (χ0n) is 14.3. The van der Waals surface area contributed by atoms with Crippen LogP contribution in [0.15, 0.2) is 42.7 Å². The molecule has 1 aliphatic rings. The molecule has 6 heteroatoms. The van der Waals surface area contributed by atoms with E-state index in [0.717, 1.165) is 6.42 Å². The van der Waals surface area contributed by atoms with Gasteiger partial charge in [0.1, 0.15) is 5.82 Å². The van der Waals surface area contributed by atoms with Gasteiger partial charge in [-0.25, -0.2) is 14.4 Å². The van der Waals surface area contributed by atoms with E-state index in [4.69, 9.17) is 21.1 Å². The van der Waals surface area contributed by atoms with Crippen molar-refractivity contribution >= 4 is 11.6 Å². The lowest BCUT2D eigenvalue weighted by Gasteiger charge is -2.24. The lowest BCUT2D eigenvalue weighted by Crippen LogP contribution is -2.30. The zero-order valence-corrected chi connectivity index (χ0v) is 15.0. The molecule has 0 unspecified atom stereocenters. The number of allylic oxidation sites excluding steroid dienone is 1.